The molecule has 1 aliphatic rings. The highest BCUT2D eigenvalue weighted by molar-refractivity contribution is 9.10. The van der Waals surface area contributed by atoms with Crippen LogP contribution in [0.25, 0.3) is 0 Å². The standard InChI is InChI=1S/C12H17BrN2O.ClH/c13-10-3-1-2-9(12(10)16)11(14)8-4-6-15-7-5-8;/h1-3,8,11,15-16H,4-7,14H2;1H/t11-;/m1./s1. The summed E-state index contributed by atoms with van der Waals surface area (Å²) in [5.74, 6) is 0.745. The van der Waals surface area contributed by atoms with Gasteiger partial charge in [0.05, 0.1) is 4.47 Å². The highest BCUT2D eigenvalue weighted by Crippen LogP contribution is 2.35. The molecule has 0 spiro atoms. The first-order valence-corrected chi connectivity index (χ1v) is 6.43. The molecule has 1 atom stereocenters. The third-order valence-corrected chi connectivity index (χ3v) is 3.91. The SMILES string of the molecule is Cl.N[C@@H](c1cccc(Br)c1O)C1CCNCC1. The summed E-state index contributed by atoms with van der Waals surface area (Å²) in [5, 5.41) is 13.3. The fourth-order valence-electron chi connectivity index (χ4n) is 2.26. The maximum Gasteiger partial charge on any atom is 0.134 e. The van der Waals surface area contributed by atoms with Crippen LogP contribution in [0.4, 0.5) is 0 Å². The molecule has 5 heteroatoms. The second-order valence-electron chi connectivity index (χ2n) is 4.29. The fraction of sp³-hybridized carbons (Fsp3) is 0.500. The molecule has 96 valence electrons. The number of phenols is 1. The van der Waals surface area contributed by atoms with Gasteiger partial charge in [-0.2, -0.15) is 0 Å². The number of piperidine rings is 1. The number of hydrogen-bond donors (Lipinski definition) is 3. The summed E-state index contributed by atoms with van der Waals surface area (Å²) in [6, 6.07) is 5.58. The molecular weight excluding hydrogens is 304 g/mol. The Labute approximate surface area is 116 Å². The third kappa shape index (κ3) is 3.35. The Bertz CT molecular complexity index is 370. The molecule has 0 unspecified atom stereocenters. The Morgan fingerprint density at radius 1 is 1.35 bits per heavy atom. The van der Waals surface area contributed by atoms with Crippen LogP contribution >= 0.6 is 28.3 Å². The summed E-state index contributed by atoms with van der Waals surface area (Å²) < 4.78 is 0.717. The molecule has 0 saturated carbocycles. The lowest BCUT2D eigenvalue weighted by Gasteiger charge is -2.28. The van der Waals surface area contributed by atoms with Crippen LogP contribution in [0.5, 0.6) is 5.75 Å². The molecule has 0 aromatic heterocycles. The van der Waals surface area contributed by atoms with E-state index in [4.69, 9.17) is 5.73 Å². The largest absolute Gasteiger partial charge is 0.506 e. The fourth-order valence-corrected chi connectivity index (χ4v) is 2.64. The lowest BCUT2D eigenvalue weighted by molar-refractivity contribution is 0.316. The maximum absolute atomic E-state index is 9.96. The summed E-state index contributed by atoms with van der Waals surface area (Å²) in [6.45, 7) is 2.04. The van der Waals surface area contributed by atoms with E-state index in [0.29, 0.717) is 5.92 Å². The normalized spacial score (nSPS) is 18.5. The van der Waals surface area contributed by atoms with E-state index in [0.717, 1.165) is 36.0 Å². The molecular formula is C12H18BrClN2O. The molecule has 1 aromatic carbocycles. The number of para-hydroxylation sites is 1. The third-order valence-electron chi connectivity index (χ3n) is 3.27. The van der Waals surface area contributed by atoms with Crippen molar-refractivity contribution in [1.29, 1.82) is 0 Å². The minimum absolute atomic E-state index is 0. The quantitative estimate of drug-likeness (QED) is 0.784. The molecule has 1 aromatic rings. The first kappa shape index (κ1) is 14.8. The van der Waals surface area contributed by atoms with Gasteiger partial charge >= 0.3 is 0 Å². The van der Waals surface area contributed by atoms with Crippen molar-refractivity contribution in [1.82, 2.24) is 5.32 Å². The minimum Gasteiger partial charge on any atom is -0.506 e. The Kier molecular flexibility index (Phi) is 5.73. The number of benzene rings is 1. The highest BCUT2D eigenvalue weighted by Gasteiger charge is 2.24. The van der Waals surface area contributed by atoms with Crippen molar-refractivity contribution in [2.24, 2.45) is 11.7 Å². The molecule has 3 nitrogen and oxygen atoms in total. The molecule has 1 aliphatic heterocycles. The van der Waals surface area contributed by atoms with Crippen molar-refractivity contribution in [3.8, 4) is 5.75 Å². The van der Waals surface area contributed by atoms with Crippen molar-refractivity contribution in [3.63, 3.8) is 0 Å². The average Bonchev–Trinajstić information content (AvgIpc) is 2.33. The van der Waals surface area contributed by atoms with E-state index in [9.17, 15) is 5.11 Å². The molecule has 0 bridgehead atoms. The predicted molar refractivity (Wildman–Crippen MR) is 75.6 cm³/mol. The van der Waals surface area contributed by atoms with Gasteiger partial charge in [-0.25, -0.2) is 0 Å². The van der Waals surface area contributed by atoms with Gasteiger partial charge in [-0.3, -0.25) is 0 Å². The number of aromatic hydroxyl groups is 1. The number of rotatable bonds is 2. The van der Waals surface area contributed by atoms with Gasteiger partial charge in [-0.05, 0) is 53.8 Å². The van der Waals surface area contributed by atoms with Crippen molar-refractivity contribution < 1.29 is 5.11 Å². The Morgan fingerprint density at radius 2 is 2.00 bits per heavy atom. The van der Waals surface area contributed by atoms with Crippen LogP contribution in [0.3, 0.4) is 0 Å². The van der Waals surface area contributed by atoms with Gasteiger partial charge in [-0.15, -0.1) is 12.4 Å². The maximum atomic E-state index is 9.96. The zero-order valence-electron chi connectivity index (χ0n) is 9.53. The van der Waals surface area contributed by atoms with Crippen LogP contribution in [-0.2, 0) is 0 Å². The van der Waals surface area contributed by atoms with Gasteiger partial charge in [0.2, 0.25) is 0 Å². The molecule has 0 radical (unpaired) electrons. The van der Waals surface area contributed by atoms with Gasteiger partial charge in [0.25, 0.3) is 0 Å². The van der Waals surface area contributed by atoms with E-state index >= 15 is 0 Å². The number of halogens is 2. The lowest BCUT2D eigenvalue weighted by atomic mass is 9.86. The summed E-state index contributed by atoms with van der Waals surface area (Å²) in [7, 11) is 0. The lowest BCUT2D eigenvalue weighted by Crippen LogP contribution is -2.33. The highest BCUT2D eigenvalue weighted by atomic mass is 79.9. The van der Waals surface area contributed by atoms with Crippen LogP contribution in [0, 0.1) is 5.92 Å². The van der Waals surface area contributed by atoms with Crippen LogP contribution < -0.4 is 11.1 Å². The van der Waals surface area contributed by atoms with E-state index in [1.165, 1.54) is 0 Å². The van der Waals surface area contributed by atoms with E-state index in [2.05, 4.69) is 21.2 Å². The van der Waals surface area contributed by atoms with Crippen molar-refractivity contribution >= 4 is 28.3 Å². The smallest absolute Gasteiger partial charge is 0.134 e. The number of nitrogens with two attached hydrogens (primary N) is 1. The first-order chi connectivity index (χ1) is 7.70. The van der Waals surface area contributed by atoms with Gasteiger partial charge in [0, 0.05) is 11.6 Å². The molecule has 0 amide bonds. The molecule has 1 fully saturated rings. The first-order valence-electron chi connectivity index (χ1n) is 5.64. The zero-order chi connectivity index (χ0) is 11.5. The van der Waals surface area contributed by atoms with Crippen molar-refractivity contribution in [2.75, 3.05) is 13.1 Å². The Balaban J connectivity index is 0.00000144. The zero-order valence-corrected chi connectivity index (χ0v) is 11.9. The summed E-state index contributed by atoms with van der Waals surface area (Å²) in [6.07, 6.45) is 2.15. The Morgan fingerprint density at radius 3 is 2.65 bits per heavy atom. The van der Waals surface area contributed by atoms with Gasteiger partial charge in [-0.1, -0.05) is 12.1 Å². The van der Waals surface area contributed by atoms with Crippen molar-refractivity contribution in [2.45, 2.75) is 18.9 Å². The topological polar surface area (TPSA) is 58.3 Å². The van der Waals surface area contributed by atoms with E-state index in [1.54, 1.807) is 0 Å². The van der Waals surface area contributed by atoms with E-state index in [1.807, 2.05) is 18.2 Å². The average molecular weight is 322 g/mol. The van der Waals surface area contributed by atoms with Crippen LogP contribution in [0.1, 0.15) is 24.4 Å². The minimum atomic E-state index is -0.0698. The molecule has 17 heavy (non-hydrogen) atoms. The number of hydrogen-bond acceptors (Lipinski definition) is 3. The van der Waals surface area contributed by atoms with Crippen molar-refractivity contribution in [3.05, 3.63) is 28.2 Å². The summed E-state index contributed by atoms with van der Waals surface area (Å²) in [5.41, 5.74) is 7.08. The molecule has 1 saturated heterocycles. The Hall–Kier alpha value is -0.290. The molecule has 2 rings (SSSR count). The molecule has 1 heterocycles. The van der Waals surface area contributed by atoms with Crippen LogP contribution in [-0.4, -0.2) is 18.2 Å². The molecule has 4 N–H and O–H groups in total. The van der Waals surface area contributed by atoms with Gasteiger partial charge < -0.3 is 16.2 Å². The predicted octanol–water partition coefficient (Wildman–Crippen LogP) is 2.58. The van der Waals surface area contributed by atoms with E-state index in [-0.39, 0.29) is 24.2 Å². The van der Waals surface area contributed by atoms with Gasteiger partial charge in [0.15, 0.2) is 0 Å². The van der Waals surface area contributed by atoms with E-state index < -0.39 is 0 Å². The summed E-state index contributed by atoms with van der Waals surface area (Å²) >= 11 is 3.32. The monoisotopic (exact) mass is 320 g/mol. The number of nitrogens with one attached hydrogen (secondary N) is 1. The van der Waals surface area contributed by atoms with Crippen LogP contribution in [0.15, 0.2) is 22.7 Å². The molecule has 0 aliphatic carbocycles. The summed E-state index contributed by atoms with van der Waals surface area (Å²) in [4.78, 5) is 0. The van der Waals surface area contributed by atoms with Gasteiger partial charge in [0.1, 0.15) is 5.75 Å². The van der Waals surface area contributed by atoms with Crippen LogP contribution in [0.2, 0.25) is 0 Å². The second-order valence-corrected chi connectivity index (χ2v) is 5.15. The second kappa shape index (κ2) is 6.59. The number of phenolic OH excluding ortho intramolecular Hbond substituents is 1.